The van der Waals surface area contributed by atoms with E-state index in [1.54, 1.807) is 0 Å². The van der Waals surface area contributed by atoms with Crippen molar-refractivity contribution in [1.29, 1.82) is 0 Å². The number of amides is 1. The van der Waals surface area contributed by atoms with Crippen LogP contribution in [0.3, 0.4) is 0 Å². The molecule has 0 aromatic heterocycles. The molecule has 0 aromatic rings. The minimum Gasteiger partial charge on any atom is -0.368 e. The molecule has 0 spiro atoms. The largest absolute Gasteiger partial charge is 0.368 e. The van der Waals surface area contributed by atoms with Gasteiger partial charge in [-0.05, 0) is 33.6 Å². The van der Waals surface area contributed by atoms with Gasteiger partial charge >= 0.3 is 0 Å². The van der Waals surface area contributed by atoms with Gasteiger partial charge in [-0.25, -0.2) is 0 Å². The fourth-order valence-electron chi connectivity index (χ4n) is 1.85. The van der Waals surface area contributed by atoms with Gasteiger partial charge in [0, 0.05) is 25.2 Å². The van der Waals surface area contributed by atoms with Gasteiger partial charge in [0.05, 0.1) is 0 Å². The lowest BCUT2D eigenvalue weighted by Gasteiger charge is -2.36. The van der Waals surface area contributed by atoms with Crippen LogP contribution >= 0.6 is 0 Å². The quantitative estimate of drug-likeness (QED) is 0.754. The van der Waals surface area contributed by atoms with E-state index < -0.39 is 0 Å². The third kappa shape index (κ3) is 3.18. The third-order valence-electron chi connectivity index (χ3n) is 2.63. The van der Waals surface area contributed by atoms with Gasteiger partial charge in [0.25, 0.3) is 5.91 Å². The van der Waals surface area contributed by atoms with Crippen LogP contribution in [0.15, 0.2) is 0 Å². The normalized spacial score (nSPS) is 21.7. The summed E-state index contributed by atoms with van der Waals surface area (Å²) in [6.07, 6.45) is 1.59. The number of nitrogens with zero attached hydrogens (tertiary/aromatic N) is 1. The Morgan fingerprint density at radius 1 is 1.53 bits per heavy atom. The highest BCUT2D eigenvalue weighted by molar-refractivity contribution is 5.81. The summed E-state index contributed by atoms with van der Waals surface area (Å²) in [4.78, 5) is 13.9. The maximum Gasteiger partial charge on any atom is 0.252 e. The molecule has 0 bridgehead atoms. The maximum absolute atomic E-state index is 12.1. The molecule has 4 nitrogen and oxygen atoms in total. The monoisotopic (exact) mass is 214 g/mol. The number of hydrogen-bond donors (Lipinski definition) is 1. The summed E-state index contributed by atoms with van der Waals surface area (Å²) in [5.41, 5.74) is 5.35. The molecule has 1 heterocycles. The maximum atomic E-state index is 12.1. The molecular weight excluding hydrogens is 192 g/mol. The first kappa shape index (κ1) is 12.5. The van der Waals surface area contributed by atoms with Gasteiger partial charge in [0.1, 0.15) is 6.10 Å². The molecular formula is C11H22N2O2. The Balaban J connectivity index is 2.66. The Hall–Kier alpha value is -0.610. The van der Waals surface area contributed by atoms with E-state index in [0.29, 0.717) is 19.7 Å². The molecule has 1 aliphatic heterocycles. The van der Waals surface area contributed by atoms with Crippen molar-refractivity contribution in [2.45, 2.75) is 45.3 Å². The Morgan fingerprint density at radius 3 is 2.60 bits per heavy atom. The summed E-state index contributed by atoms with van der Waals surface area (Å²) in [5.74, 6) is 0.0884. The third-order valence-corrected chi connectivity index (χ3v) is 2.63. The first-order chi connectivity index (χ1) is 6.96. The molecule has 0 aromatic carbocycles. The van der Waals surface area contributed by atoms with Gasteiger partial charge in [-0.1, -0.05) is 0 Å². The highest BCUT2D eigenvalue weighted by Crippen LogP contribution is 2.20. The Labute approximate surface area is 91.8 Å². The fourth-order valence-corrected chi connectivity index (χ4v) is 1.85. The van der Waals surface area contributed by atoms with Gasteiger partial charge in [0.15, 0.2) is 0 Å². The summed E-state index contributed by atoms with van der Waals surface area (Å²) < 4.78 is 5.41. The van der Waals surface area contributed by atoms with E-state index in [1.807, 2.05) is 25.7 Å². The molecule has 1 saturated heterocycles. The van der Waals surface area contributed by atoms with Crippen LogP contribution in [0.2, 0.25) is 0 Å². The molecule has 0 aliphatic carbocycles. The van der Waals surface area contributed by atoms with Crippen LogP contribution in [0.1, 0.15) is 33.6 Å². The van der Waals surface area contributed by atoms with Crippen molar-refractivity contribution in [3.05, 3.63) is 0 Å². The molecule has 1 fully saturated rings. The average molecular weight is 214 g/mol. The number of carbonyl (C=O) groups excluding carboxylic acids is 1. The first-order valence-electron chi connectivity index (χ1n) is 5.60. The summed E-state index contributed by atoms with van der Waals surface area (Å²) in [5, 5.41) is 0. The second-order valence-electron chi connectivity index (χ2n) is 4.95. The topological polar surface area (TPSA) is 55.6 Å². The number of carbonyl (C=O) groups is 1. The second-order valence-corrected chi connectivity index (χ2v) is 4.95. The van der Waals surface area contributed by atoms with Gasteiger partial charge in [-0.15, -0.1) is 0 Å². The Morgan fingerprint density at radius 2 is 2.20 bits per heavy atom. The van der Waals surface area contributed by atoms with Gasteiger partial charge in [0.2, 0.25) is 0 Å². The van der Waals surface area contributed by atoms with Crippen molar-refractivity contribution < 1.29 is 9.53 Å². The lowest BCUT2D eigenvalue weighted by atomic mass is 10.0. The second kappa shape index (κ2) is 4.94. The smallest absolute Gasteiger partial charge is 0.252 e. The van der Waals surface area contributed by atoms with Gasteiger partial charge in [-0.2, -0.15) is 0 Å². The lowest BCUT2D eigenvalue weighted by molar-refractivity contribution is -0.145. The van der Waals surface area contributed by atoms with Crippen LogP contribution in [0.4, 0.5) is 0 Å². The van der Waals surface area contributed by atoms with E-state index in [9.17, 15) is 4.79 Å². The summed E-state index contributed by atoms with van der Waals surface area (Å²) in [6, 6.07) is 0. The summed E-state index contributed by atoms with van der Waals surface area (Å²) in [7, 11) is 0. The highest BCUT2D eigenvalue weighted by Gasteiger charge is 2.33. The predicted molar refractivity (Wildman–Crippen MR) is 59.5 cm³/mol. The molecule has 0 saturated carbocycles. The van der Waals surface area contributed by atoms with Crippen molar-refractivity contribution in [3.8, 4) is 0 Å². The molecule has 1 rings (SSSR count). The Bertz CT molecular complexity index is 217. The number of rotatable bonds is 3. The average Bonchev–Trinajstić information content (AvgIpc) is 2.63. The molecule has 88 valence electrons. The van der Waals surface area contributed by atoms with E-state index in [-0.39, 0.29) is 17.6 Å². The molecule has 15 heavy (non-hydrogen) atoms. The lowest BCUT2D eigenvalue weighted by Crippen LogP contribution is -2.51. The van der Waals surface area contributed by atoms with E-state index in [1.165, 1.54) is 0 Å². The van der Waals surface area contributed by atoms with Crippen molar-refractivity contribution >= 4 is 5.91 Å². The molecule has 1 amide bonds. The zero-order valence-corrected chi connectivity index (χ0v) is 9.95. The van der Waals surface area contributed by atoms with Crippen LogP contribution in [-0.2, 0) is 9.53 Å². The molecule has 1 aliphatic rings. The van der Waals surface area contributed by atoms with Crippen LogP contribution in [0, 0.1) is 0 Å². The van der Waals surface area contributed by atoms with Gasteiger partial charge < -0.3 is 15.4 Å². The number of nitrogens with two attached hydrogens (primary N) is 1. The minimum absolute atomic E-state index is 0.0884. The molecule has 0 radical (unpaired) electrons. The van der Waals surface area contributed by atoms with Crippen LogP contribution in [-0.4, -0.2) is 42.1 Å². The zero-order chi connectivity index (χ0) is 11.5. The van der Waals surface area contributed by atoms with Crippen molar-refractivity contribution in [2.75, 3.05) is 19.7 Å². The summed E-state index contributed by atoms with van der Waals surface area (Å²) in [6.45, 7) is 7.87. The molecule has 1 atom stereocenters. The van der Waals surface area contributed by atoms with Crippen LogP contribution in [0.25, 0.3) is 0 Å². The molecule has 2 N–H and O–H groups in total. The van der Waals surface area contributed by atoms with E-state index in [2.05, 4.69) is 0 Å². The molecule has 1 unspecified atom stereocenters. The van der Waals surface area contributed by atoms with Crippen molar-refractivity contribution in [1.82, 2.24) is 4.90 Å². The van der Waals surface area contributed by atoms with Crippen molar-refractivity contribution in [2.24, 2.45) is 5.73 Å². The van der Waals surface area contributed by atoms with Crippen molar-refractivity contribution in [3.63, 3.8) is 0 Å². The predicted octanol–water partition coefficient (Wildman–Crippen LogP) is 0.751. The first-order valence-corrected chi connectivity index (χ1v) is 5.60. The standard InChI is InChI=1S/C11H22N2O2/c1-11(2,3)13(7-6-12)10(14)9-5-4-8-15-9/h9H,4-8,12H2,1-3H3. The fraction of sp³-hybridized carbons (Fsp3) is 0.909. The molecule has 4 heteroatoms. The number of hydrogen-bond acceptors (Lipinski definition) is 3. The number of ether oxygens (including phenoxy) is 1. The summed E-state index contributed by atoms with van der Waals surface area (Å²) >= 11 is 0. The zero-order valence-electron chi connectivity index (χ0n) is 9.95. The van der Waals surface area contributed by atoms with Gasteiger partial charge in [-0.3, -0.25) is 4.79 Å². The Kier molecular flexibility index (Phi) is 4.11. The van der Waals surface area contributed by atoms with E-state index in [0.717, 1.165) is 12.8 Å². The van der Waals surface area contributed by atoms with Crippen LogP contribution < -0.4 is 5.73 Å². The van der Waals surface area contributed by atoms with E-state index >= 15 is 0 Å². The van der Waals surface area contributed by atoms with E-state index in [4.69, 9.17) is 10.5 Å². The highest BCUT2D eigenvalue weighted by atomic mass is 16.5. The minimum atomic E-state index is -0.240. The SMILES string of the molecule is CC(C)(C)N(CCN)C(=O)C1CCCO1. The van der Waals surface area contributed by atoms with Crippen LogP contribution in [0.5, 0.6) is 0 Å².